The van der Waals surface area contributed by atoms with Gasteiger partial charge in [-0.1, -0.05) is 23.7 Å². The number of carbonyl (C=O) groups is 3. The number of imide groups is 1. The fourth-order valence-electron chi connectivity index (χ4n) is 3.51. The molecule has 7 heteroatoms. The van der Waals surface area contributed by atoms with Gasteiger partial charge in [0.2, 0.25) is 11.8 Å². The van der Waals surface area contributed by atoms with Gasteiger partial charge in [-0.2, -0.15) is 0 Å². The Kier molecular flexibility index (Phi) is 4.76. The van der Waals surface area contributed by atoms with Gasteiger partial charge in [-0.05, 0) is 37.0 Å². The first-order valence-electron chi connectivity index (χ1n) is 8.01. The molecular formula is C17H19ClN2O4. The Morgan fingerprint density at radius 3 is 2.62 bits per heavy atom. The molecule has 24 heavy (non-hydrogen) atoms. The van der Waals surface area contributed by atoms with Gasteiger partial charge in [-0.3, -0.25) is 14.5 Å². The van der Waals surface area contributed by atoms with Crippen LogP contribution in [0.25, 0.3) is 0 Å². The maximum absolute atomic E-state index is 11.8. The molecule has 2 aliphatic heterocycles. The molecule has 1 N–H and O–H groups in total. The summed E-state index contributed by atoms with van der Waals surface area (Å²) in [6, 6.07) is 7.10. The average Bonchev–Trinajstić information content (AvgIpc) is 3.05. The van der Waals surface area contributed by atoms with Crippen LogP contribution in [0.4, 0.5) is 4.79 Å². The van der Waals surface area contributed by atoms with E-state index in [1.54, 1.807) is 18.2 Å². The second-order valence-corrected chi connectivity index (χ2v) is 6.67. The highest BCUT2D eigenvalue weighted by atomic mass is 35.5. The van der Waals surface area contributed by atoms with Crippen LogP contribution in [0.3, 0.4) is 0 Å². The highest BCUT2D eigenvalue weighted by molar-refractivity contribution is 6.30. The molecule has 0 bridgehead atoms. The quantitative estimate of drug-likeness (QED) is 0.828. The lowest BCUT2D eigenvalue weighted by molar-refractivity contribution is -0.142. The maximum Gasteiger partial charge on any atom is 0.407 e. The third-order valence-electron chi connectivity index (χ3n) is 4.70. The Hall–Kier alpha value is -2.08. The van der Waals surface area contributed by atoms with Gasteiger partial charge in [-0.15, -0.1) is 0 Å². The molecular weight excluding hydrogens is 332 g/mol. The summed E-state index contributed by atoms with van der Waals surface area (Å²) in [5.74, 6) is -0.193. The van der Waals surface area contributed by atoms with Crippen LogP contribution in [0.15, 0.2) is 24.3 Å². The van der Waals surface area contributed by atoms with Gasteiger partial charge in [0.25, 0.3) is 0 Å². The van der Waals surface area contributed by atoms with Crippen molar-refractivity contribution in [2.75, 3.05) is 6.54 Å². The van der Waals surface area contributed by atoms with Crippen LogP contribution in [0, 0.1) is 0 Å². The summed E-state index contributed by atoms with van der Waals surface area (Å²) in [6.45, 7) is 0.506. The first-order valence-corrected chi connectivity index (χ1v) is 8.39. The molecule has 2 heterocycles. The highest BCUT2D eigenvalue weighted by Gasteiger charge is 2.52. The summed E-state index contributed by atoms with van der Waals surface area (Å²) in [5, 5.41) is 3.28. The lowest BCUT2D eigenvalue weighted by Gasteiger charge is -2.30. The predicted molar refractivity (Wildman–Crippen MR) is 87.3 cm³/mol. The molecule has 2 saturated heterocycles. The summed E-state index contributed by atoms with van der Waals surface area (Å²) in [6.07, 6.45) is 2.21. The average molecular weight is 351 g/mol. The van der Waals surface area contributed by atoms with Crippen LogP contribution in [-0.2, 0) is 20.9 Å². The normalized spacial score (nSPS) is 18.6. The standard InChI is InChI=1S/C17H19ClN2O4/c18-13-3-1-2-12(10-13)11-24-16(23)19-9-8-17-6-4-14(21)20(17)15(22)5-7-17/h1-3,10H,4-9,11H2,(H,19,23). The topological polar surface area (TPSA) is 75.7 Å². The van der Waals surface area contributed by atoms with E-state index in [1.165, 1.54) is 4.90 Å². The Balaban J connectivity index is 1.45. The molecule has 0 aliphatic carbocycles. The number of nitrogens with one attached hydrogen (secondary N) is 1. The lowest BCUT2D eigenvalue weighted by Crippen LogP contribution is -2.44. The number of hydrogen-bond donors (Lipinski definition) is 1. The minimum absolute atomic E-state index is 0.0963. The predicted octanol–water partition coefficient (Wildman–Crippen LogP) is 2.64. The fourth-order valence-corrected chi connectivity index (χ4v) is 3.72. The second kappa shape index (κ2) is 6.81. The highest BCUT2D eigenvalue weighted by Crippen LogP contribution is 2.42. The number of hydrogen-bond acceptors (Lipinski definition) is 4. The molecule has 2 aliphatic rings. The van der Waals surface area contributed by atoms with Crippen molar-refractivity contribution in [1.29, 1.82) is 0 Å². The van der Waals surface area contributed by atoms with Crippen LogP contribution in [0.1, 0.15) is 37.7 Å². The van der Waals surface area contributed by atoms with E-state index in [4.69, 9.17) is 16.3 Å². The van der Waals surface area contributed by atoms with E-state index < -0.39 is 11.6 Å². The van der Waals surface area contributed by atoms with E-state index in [2.05, 4.69) is 5.32 Å². The number of nitrogens with zero attached hydrogens (tertiary/aromatic N) is 1. The number of rotatable bonds is 5. The van der Waals surface area contributed by atoms with E-state index in [9.17, 15) is 14.4 Å². The number of alkyl carbamates (subject to hydrolysis) is 1. The van der Waals surface area contributed by atoms with Crippen molar-refractivity contribution in [3.05, 3.63) is 34.9 Å². The summed E-state index contributed by atoms with van der Waals surface area (Å²) in [5.41, 5.74) is 0.402. The molecule has 0 spiro atoms. The van der Waals surface area contributed by atoms with E-state index in [0.717, 1.165) is 5.56 Å². The van der Waals surface area contributed by atoms with E-state index in [0.29, 0.717) is 43.7 Å². The number of ether oxygens (including phenoxy) is 1. The molecule has 0 atom stereocenters. The summed E-state index contributed by atoms with van der Waals surface area (Å²) in [4.78, 5) is 36.9. The molecule has 0 unspecified atom stereocenters. The summed E-state index contributed by atoms with van der Waals surface area (Å²) < 4.78 is 5.14. The molecule has 1 aromatic rings. The van der Waals surface area contributed by atoms with Crippen molar-refractivity contribution in [3.63, 3.8) is 0 Å². The first kappa shape index (κ1) is 16.8. The van der Waals surface area contributed by atoms with E-state index >= 15 is 0 Å². The molecule has 2 fully saturated rings. The lowest BCUT2D eigenvalue weighted by atomic mass is 9.90. The SMILES string of the molecule is O=C(NCCC12CCC(=O)N1C(=O)CC2)OCc1cccc(Cl)c1. The van der Waals surface area contributed by atoms with Crippen LogP contribution in [0.2, 0.25) is 5.02 Å². The minimum Gasteiger partial charge on any atom is -0.445 e. The molecule has 6 nitrogen and oxygen atoms in total. The summed E-state index contributed by atoms with van der Waals surface area (Å²) >= 11 is 5.88. The van der Waals surface area contributed by atoms with Crippen LogP contribution in [0.5, 0.6) is 0 Å². The van der Waals surface area contributed by atoms with Crippen molar-refractivity contribution in [1.82, 2.24) is 10.2 Å². The molecule has 128 valence electrons. The Morgan fingerprint density at radius 2 is 1.96 bits per heavy atom. The number of amides is 3. The van der Waals surface area contributed by atoms with Gasteiger partial charge in [0.1, 0.15) is 6.61 Å². The van der Waals surface area contributed by atoms with Crippen molar-refractivity contribution in [2.24, 2.45) is 0 Å². The maximum atomic E-state index is 11.8. The van der Waals surface area contributed by atoms with Gasteiger partial charge in [0.05, 0.1) is 5.54 Å². The van der Waals surface area contributed by atoms with Gasteiger partial charge in [0.15, 0.2) is 0 Å². The number of halogens is 1. The number of carbonyl (C=O) groups excluding carboxylic acids is 3. The molecule has 0 radical (unpaired) electrons. The van der Waals surface area contributed by atoms with Crippen LogP contribution < -0.4 is 5.32 Å². The van der Waals surface area contributed by atoms with E-state index in [1.807, 2.05) is 6.07 Å². The molecule has 0 saturated carbocycles. The van der Waals surface area contributed by atoms with E-state index in [-0.39, 0.29) is 18.4 Å². The molecule has 1 aromatic carbocycles. The Labute approximate surface area is 145 Å². The summed E-state index contributed by atoms with van der Waals surface area (Å²) in [7, 11) is 0. The van der Waals surface area contributed by atoms with Crippen LogP contribution in [-0.4, -0.2) is 34.9 Å². The molecule has 3 rings (SSSR count). The number of fused-ring (bicyclic) bond motifs is 1. The van der Waals surface area contributed by atoms with Crippen molar-refractivity contribution >= 4 is 29.5 Å². The smallest absolute Gasteiger partial charge is 0.407 e. The molecule has 0 aromatic heterocycles. The zero-order valence-corrected chi connectivity index (χ0v) is 14.0. The molecule has 3 amide bonds. The van der Waals surface area contributed by atoms with Crippen molar-refractivity contribution in [3.8, 4) is 0 Å². The zero-order chi connectivity index (χ0) is 17.2. The van der Waals surface area contributed by atoms with Crippen molar-refractivity contribution < 1.29 is 19.1 Å². The number of benzene rings is 1. The first-order chi connectivity index (χ1) is 11.5. The van der Waals surface area contributed by atoms with Crippen molar-refractivity contribution in [2.45, 2.75) is 44.2 Å². The Bertz CT molecular complexity index is 656. The van der Waals surface area contributed by atoms with Gasteiger partial charge in [-0.25, -0.2) is 4.79 Å². The third-order valence-corrected chi connectivity index (χ3v) is 4.94. The third kappa shape index (κ3) is 3.38. The Morgan fingerprint density at radius 1 is 1.25 bits per heavy atom. The minimum atomic E-state index is -0.522. The van der Waals surface area contributed by atoms with Crippen LogP contribution >= 0.6 is 11.6 Å². The van der Waals surface area contributed by atoms with Gasteiger partial charge in [0, 0.05) is 24.4 Å². The fraction of sp³-hybridized carbons (Fsp3) is 0.471. The largest absolute Gasteiger partial charge is 0.445 e. The second-order valence-electron chi connectivity index (χ2n) is 6.23. The van der Waals surface area contributed by atoms with Gasteiger partial charge >= 0.3 is 6.09 Å². The van der Waals surface area contributed by atoms with Gasteiger partial charge < -0.3 is 10.1 Å². The zero-order valence-electron chi connectivity index (χ0n) is 13.2. The monoisotopic (exact) mass is 350 g/mol.